The molecule has 28 heavy (non-hydrogen) atoms. The normalized spacial score (nSPS) is 17.0. The number of para-hydroxylation sites is 1. The van der Waals surface area contributed by atoms with E-state index in [9.17, 15) is 9.59 Å². The van der Waals surface area contributed by atoms with Crippen molar-refractivity contribution in [1.82, 2.24) is 20.2 Å². The van der Waals surface area contributed by atoms with Crippen LogP contribution < -0.4 is 10.1 Å². The number of benzene rings is 1. The van der Waals surface area contributed by atoms with Crippen LogP contribution in [0.1, 0.15) is 36.8 Å². The monoisotopic (exact) mass is 386 g/mol. The van der Waals surface area contributed by atoms with E-state index in [4.69, 9.17) is 9.47 Å². The minimum Gasteiger partial charge on any atom is -0.496 e. The fourth-order valence-electron chi connectivity index (χ4n) is 3.54. The molecule has 2 N–H and O–H groups in total. The van der Waals surface area contributed by atoms with Gasteiger partial charge in [-0.15, -0.1) is 0 Å². The molecule has 1 aliphatic heterocycles. The Hall–Kier alpha value is -3.03. The average Bonchev–Trinajstić information content (AvgIpc) is 3.19. The number of carbonyl (C=O) groups is 2. The summed E-state index contributed by atoms with van der Waals surface area (Å²) in [5.74, 6) is 0.107. The lowest BCUT2D eigenvalue weighted by atomic mass is 9.95. The number of methoxy groups -OCH3 is 2. The van der Waals surface area contributed by atoms with Gasteiger partial charge in [-0.25, -0.2) is 14.6 Å². The second kappa shape index (κ2) is 8.33. The predicted octanol–water partition coefficient (Wildman–Crippen LogP) is 2.27. The first-order chi connectivity index (χ1) is 13.5. The van der Waals surface area contributed by atoms with Crippen LogP contribution in [0, 0.1) is 5.92 Å². The van der Waals surface area contributed by atoms with Gasteiger partial charge in [0.2, 0.25) is 0 Å². The van der Waals surface area contributed by atoms with E-state index in [0.29, 0.717) is 18.7 Å². The number of hydrogen-bond acceptors (Lipinski definition) is 5. The van der Waals surface area contributed by atoms with Crippen LogP contribution in [0.25, 0.3) is 0 Å². The van der Waals surface area contributed by atoms with Crippen LogP contribution >= 0.6 is 0 Å². The second-order valence-electron chi connectivity index (χ2n) is 7.05. The van der Waals surface area contributed by atoms with Crippen molar-refractivity contribution in [3.05, 3.63) is 47.5 Å². The summed E-state index contributed by atoms with van der Waals surface area (Å²) < 4.78 is 10.4. The summed E-state index contributed by atoms with van der Waals surface area (Å²) in [5.41, 5.74) is 2.62. The second-order valence-corrected chi connectivity index (χ2v) is 7.05. The molecule has 3 rings (SSSR count). The molecule has 1 aliphatic rings. The maximum absolute atomic E-state index is 13.2. The van der Waals surface area contributed by atoms with Crippen molar-refractivity contribution in [1.29, 1.82) is 0 Å². The third-order valence-corrected chi connectivity index (χ3v) is 5.02. The lowest BCUT2D eigenvalue weighted by molar-refractivity contribution is -0.144. The molecule has 150 valence electrons. The third-order valence-electron chi connectivity index (χ3n) is 5.02. The number of nitrogens with zero attached hydrogens (tertiary/aromatic N) is 2. The number of esters is 1. The Morgan fingerprint density at radius 3 is 2.71 bits per heavy atom. The van der Waals surface area contributed by atoms with Gasteiger partial charge in [-0.3, -0.25) is 0 Å². The molecule has 0 unspecified atom stereocenters. The summed E-state index contributed by atoms with van der Waals surface area (Å²) in [6.07, 6.45) is 2.29. The third kappa shape index (κ3) is 3.67. The SMILES string of the molecule is COC(=O)[C@H](NC(=O)N1CCc2[nH]cnc2[C@H]1c1ccccc1OC)C(C)C. The summed E-state index contributed by atoms with van der Waals surface area (Å²) >= 11 is 0. The summed E-state index contributed by atoms with van der Waals surface area (Å²) in [6.45, 7) is 4.21. The number of fused-ring (bicyclic) bond motifs is 1. The molecule has 2 aromatic rings. The van der Waals surface area contributed by atoms with E-state index < -0.39 is 18.1 Å². The van der Waals surface area contributed by atoms with Crippen LogP contribution in [0.15, 0.2) is 30.6 Å². The van der Waals surface area contributed by atoms with E-state index in [1.54, 1.807) is 18.3 Å². The lowest BCUT2D eigenvalue weighted by Crippen LogP contribution is -2.53. The summed E-state index contributed by atoms with van der Waals surface area (Å²) in [4.78, 5) is 34.6. The smallest absolute Gasteiger partial charge is 0.328 e. The summed E-state index contributed by atoms with van der Waals surface area (Å²) in [5, 5.41) is 2.83. The Bertz CT molecular complexity index is 848. The van der Waals surface area contributed by atoms with Crippen LogP contribution in [0.4, 0.5) is 4.79 Å². The fraction of sp³-hybridized carbons (Fsp3) is 0.450. The highest BCUT2D eigenvalue weighted by Gasteiger charge is 2.37. The fourth-order valence-corrected chi connectivity index (χ4v) is 3.54. The number of nitrogens with one attached hydrogen (secondary N) is 2. The first-order valence-corrected chi connectivity index (χ1v) is 9.28. The highest BCUT2D eigenvalue weighted by molar-refractivity contribution is 5.84. The van der Waals surface area contributed by atoms with E-state index in [1.807, 2.05) is 38.1 Å². The molecule has 0 saturated carbocycles. The zero-order valence-corrected chi connectivity index (χ0v) is 16.6. The molecule has 1 aromatic carbocycles. The minimum absolute atomic E-state index is 0.105. The van der Waals surface area contributed by atoms with Crippen LogP contribution in [-0.4, -0.2) is 53.7 Å². The lowest BCUT2D eigenvalue weighted by Gasteiger charge is -2.36. The number of carbonyl (C=O) groups excluding carboxylic acids is 2. The maximum Gasteiger partial charge on any atom is 0.328 e. The molecule has 8 nitrogen and oxygen atoms in total. The Morgan fingerprint density at radius 2 is 2.04 bits per heavy atom. The van der Waals surface area contributed by atoms with Gasteiger partial charge in [-0.1, -0.05) is 32.0 Å². The first kappa shape index (κ1) is 19.7. The van der Waals surface area contributed by atoms with Crippen LogP contribution in [0.2, 0.25) is 0 Å². The number of aromatic nitrogens is 2. The molecule has 2 heterocycles. The van der Waals surface area contributed by atoms with E-state index in [2.05, 4.69) is 15.3 Å². The van der Waals surface area contributed by atoms with Crippen LogP contribution in [-0.2, 0) is 16.0 Å². The zero-order chi connectivity index (χ0) is 20.3. The number of urea groups is 1. The zero-order valence-electron chi connectivity index (χ0n) is 16.6. The summed E-state index contributed by atoms with van der Waals surface area (Å²) in [6, 6.07) is 6.08. The molecule has 0 radical (unpaired) electrons. The number of amides is 2. The molecule has 2 atom stereocenters. The van der Waals surface area contributed by atoms with Gasteiger partial charge >= 0.3 is 12.0 Å². The first-order valence-electron chi connectivity index (χ1n) is 9.28. The molecule has 0 bridgehead atoms. The van der Waals surface area contributed by atoms with Gasteiger partial charge in [0, 0.05) is 24.2 Å². The van der Waals surface area contributed by atoms with Crippen molar-refractivity contribution >= 4 is 12.0 Å². The van der Waals surface area contributed by atoms with E-state index in [0.717, 1.165) is 17.0 Å². The minimum atomic E-state index is -0.726. The maximum atomic E-state index is 13.2. The standard InChI is InChI=1S/C20H26N4O4/c1-12(2)16(19(25)28-4)23-20(26)24-10-9-14-17(22-11-21-14)18(24)13-7-5-6-8-15(13)27-3/h5-8,11-12,16,18H,9-10H2,1-4H3,(H,21,22)(H,23,26)/t16-,18-/m1/s1. The van der Waals surface area contributed by atoms with Gasteiger partial charge in [0.15, 0.2) is 0 Å². The number of aromatic amines is 1. The summed E-state index contributed by atoms with van der Waals surface area (Å²) in [7, 11) is 2.92. The van der Waals surface area contributed by atoms with Crippen LogP contribution in [0.5, 0.6) is 5.75 Å². The van der Waals surface area contributed by atoms with E-state index in [1.165, 1.54) is 7.11 Å². The predicted molar refractivity (Wildman–Crippen MR) is 103 cm³/mol. The van der Waals surface area contributed by atoms with Crippen molar-refractivity contribution in [3.63, 3.8) is 0 Å². The van der Waals surface area contributed by atoms with Crippen LogP contribution in [0.3, 0.4) is 0 Å². The van der Waals surface area contributed by atoms with Gasteiger partial charge < -0.3 is 24.7 Å². The van der Waals surface area contributed by atoms with E-state index in [-0.39, 0.29) is 11.9 Å². The Labute approximate surface area is 164 Å². The van der Waals surface area contributed by atoms with Gasteiger partial charge in [-0.05, 0) is 12.0 Å². The average molecular weight is 386 g/mol. The quantitative estimate of drug-likeness (QED) is 0.769. The topological polar surface area (TPSA) is 96.6 Å². The largest absolute Gasteiger partial charge is 0.496 e. The number of hydrogen-bond donors (Lipinski definition) is 2. The molecule has 0 fully saturated rings. The number of H-pyrrole nitrogens is 1. The van der Waals surface area contributed by atoms with Crippen molar-refractivity contribution in [3.8, 4) is 5.75 Å². The Kier molecular flexibility index (Phi) is 5.87. The molecule has 1 aromatic heterocycles. The van der Waals surface area contributed by atoms with Gasteiger partial charge in [0.1, 0.15) is 17.8 Å². The molecule has 0 saturated heterocycles. The Morgan fingerprint density at radius 1 is 1.29 bits per heavy atom. The van der Waals surface area contributed by atoms with Crippen molar-refractivity contribution in [2.75, 3.05) is 20.8 Å². The molecule has 8 heteroatoms. The number of ether oxygens (including phenoxy) is 2. The number of rotatable bonds is 5. The van der Waals surface area contributed by atoms with E-state index >= 15 is 0 Å². The van der Waals surface area contributed by atoms with Crippen molar-refractivity contribution < 1.29 is 19.1 Å². The highest BCUT2D eigenvalue weighted by Crippen LogP contribution is 2.37. The van der Waals surface area contributed by atoms with Crippen molar-refractivity contribution in [2.24, 2.45) is 5.92 Å². The molecular weight excluding hydrogens is 360 g/mol. The van der Waals surface area contributed by atoms with Crippen molar-refractivity contribution in [2.45, 2.75) is 32.4 Å². The molecule has 0 spiro atoms. The van der Waals surface area contributed by atoms with Gasteiger partial charge in [0.25, 0.3) is 0 Å². The van der Waals surface area contributed by atoms with Gasteiger partial charge in [0.05, 0.1) is 26.2 Å². The Balaban J connectivity index is 1.97. The molecule has 0 aliphatic carbocycles. The molecule has 2 amide bonds. The van der Waals surface area contributed by atoms with Gasteiger partial charge in [-0.2, -0.15) is 0 Å². The molecular formula is C20H26N4O4. The number of imidazole rings is 1. The highest BCUT2D eigenvalue weighted by atomic mass is 16.5.